The summed E-state index contributed by atoms with van der Waals surface area (Å²) >= 11 is 0. The van der Waals surface area contributed by atoms with Gasteiger partial charge in [0.2, 0.25) is 0 Å². The fraction of sp³-hybridized carbons (Fsp3) is 0.333. The van der Waals surface area contributed by atoms with Gasteiger partial charge in [0.1, 0.15) is 0 Å². The molecule has 2 N–H and O–H groups in total. The van der Waals surface area contributed by atoms with Crippen molar-refractivity contribution < 1.29 is 4.52 Å². The Balaban J connectivity index is 2.26. The minimum Gasteiger partial charge on any atom is -0.399 e. The first-order chi connectivity index (χ1) is 8.24. The molecule has 2 aromatic rings. The third-order valence-electron chi connectivity index (χ3n) is 2.62. The quantitative estimate of drug-likeness (QED) is 0.818. The van der Waals surface area contributed by atoms with Crippen molar-refractivity contribution in [2.75, 3.05) is 23.7 Å². The number of nitrogen functional groups attached to an aromatic ring is 1. The Kier molecular flexibility index (Phi) is 3.27. The molecule has 0 radical (unpaired) electrons. The summed E-state index contributed by atoms with van der Waals surface area (Å²) in [5.74, 6) is 1.15. The van der Waals surface area contributed by atoms with Crippen LogP contribution in [0.3, 0.4) is 0 Å². The zero-order valence-electron chi connectivity index (χ0n) is 10.1. The van der Waals surface area contributed by atoms with Crippen LogP contribution in [0.2, 0.25) is 0 Å². The lowest BCUT2D eigenvalue weighted by molar-refractivity contribution is 0.429. The molecule has 0 aliphatic rings. The second-order valence-corrected chi connectivity index (χ2v) is 3.69. The van der Waals surface area contributed by atoms with Crippen LogP contribution in [0.1, 0.15) is 13.8 Å². The average Bonchev–Trinajstić information content (AvgIpc) is 2.81. The minimum atomic E-state index is 0.520. The van der Waals surface area contributed by atoms with Crippen LogP contribution in [0.4, 0.5) is 11.6 Å². The third kappa shape index (κ3) is 2.38. The first kappa shape index (κ1) is 11.4. The molecule has 0 atom stereocenters. The van der Waals surface area contributed by atoms with E-state index in [0.29, 0.717) is 11.8 Å². The zero-order valence-corrected chi connectivity index (χ0v) is 10.1. The molecule has 0 fully saturated rings. The zero-order chi connectivity index (χ0) is 12.3. The van der Waals surface area contributed by atoms with E-state index in [1.54, 1.807) is 0 Å². The number of rotatable bonds is 4. The van der Waals surface area contributed by atoms with Crippen molar-refractivity contribution in [2.45, 2.75) is 13.8 Å². The van der Waals surface area contributed by atoms with Gasteiger partial charge in [0.25, 0.3) is 11.8 Å². The predicted octanol–water partition coefficient (Wildman–Crippen LogP) is 2.17. The summed E-state index contributed by atoms with van der Waals surface area (Å²) in [6.45, 7) is 5.83. The normalized spacial score (nSPS) is 10.5. The number of hydrogen-bond donors (Lipinski definition) is 1. The van der Waals surface area contributed by atoms with Gasteiger partial charge in [-0.1, -0.05) is 0 Å². The Bertz CT molecular complexity index is 474. The van der Waals surface area contributed by atoms with E-state index < -0.39 is 0 Å². The lowest BCUT2D eigenvalue weighted by atomic mass is 10.2. The molecule has 0 aliphatic carbocycles. The molecule has 0 unspecified atom stereocenters. The molecule has 90 valence electrons. The molecule has 2 rings (SSSR count). The van der Waals surface area contributed by atoms with Crippen LogP contribution in [0, 0.1) is 0 Å². The van der Waals surface area contributed by atoms with Crippen molar-refractivity contribution in [3.8, 4) is 11.5 Å². The van der Waals surface area contributed by atoms with Gasteiger partial charge >= 0.3 is 0 Å². The van der Waals surface area contributed by atoms with Gasteiger partial charge in [0.15, 0.2) is 0 Å². The highest BCUT2D eigenvalue weighted by Gasteiger charge is 2.12. The van der Waals surface area contributed by atoms with Crippen LogP contribution in [0.15, 0.2) is 28.8 Å². The summed E-state index contributed by atoms with van der Waals surface area (Å²) in [7, 11) is 0. The van der Waals surface area contributed by atoms with Crippen LogP contribution in [0.5, 0.6) is 0 Å². The Hall–Kier alpha value is -2.04. The molecule has 1 heterocycles. The van der Waals surface area contributed by atoms with Crippen molar-refractivity contribution >= 4 is 11.6 Å². The topological polar surface area (TPSA) is 68.2 Å². The summed E-state index contributed by atoms with van der Waals surface area (Å²) in [6.07, 6.45) is 0. The highest BCUT2D eigenvalue weighted by molar-refractivity contribution is 5.58. The molecule has 1 aromatic carbocycles. The first-order valence-corrected chi connectivity index (χ1v) is 5.69. The maximum absolute atomic E-state index is 5.63. The molecule has 17 heavy (non-hydrogen) atoms. The second kappa shape index (κ2) is 4.86. The average molecular weight is 232 g/mol. The minimum absolute atomic E-state index is 0.520. The summed E-state index contributed by atoms with van der Waals surface area (Å²) < 4.78 is 5.23. The Morgan fingerprint density at radius 2 is 1.82 bits per heavy atom. The summed E-state index contributed by atoms with van der Waals surface area (Å²) in [6, 6.07) is 7.37. The number of aromatic nitrogens is 2. The molecular weight excluding hydrogens is 216 g/mol. The molecule has 0 spiro atoms. The van der Waals surface area contributed by atoms with E-state index in [-0.39, 0.29) is 0 Å². The summed E-state index contributed by atoms with van der Waals surface area (Å²) in [5, 5.41) is 3.97. The number of anilines is 2. The van der Waals surface area contributed by atoms with Crippen molar-refractivity contribution in [1.82, 2.24) is 10.1 Å². The highest BCUT2D eigenvalue weighted by Crippen LogP contribution is 2.21. The van der Waals surface area contributed by atoms with Gasteiger partial charge in [-0.15, -0.1) is 0 Å². The fourth-order valence-corrected chi connectivity index (χ4v) is 1.59. The SMILES string of the molecule is CCN(CC)c1noc(-c2ccc(N)cc2)n1. The largest absolute Gasteiger partial charge is 0.399 e. The second-order valence-electron chi connectivity index (χ2n) is 3.69. The molecule has 0 bridgehead atoms. The molecule has 0 aliphatic heterocycles. The van der Waals surface area contributed by atoms with Crippen LogP contribution < -0.4 is 10.6 Å². The van der Waals surface area contributed by atoms with Gasteiger partial charge in [0.05, 0.1) is 0 Å². The summed E-state index contributed by atoms with van der Waals surface area (Å²) in [5.41, 5.74) is 7.23. The Morgan fingerprint density at radius 3 is 2.41 bits per heavy atom. The van der Waals surface area contributed by atoms with Gasteiger partial charge in [-0.05, 0) is 43.3 Å². The van der Waals surface area contributed by atoms with E-state index in [4.69, 9.17) is 10.3 Å². The number of benzene rings is 1. The monoisotopic (exact) mass is 232 g/mol. The van der Waals surface area contributed by atoms with Crippen molar-refractivity contribution in [3.63, 3.8) is 0 Å². The van der Waals surface area contributed by atoms with E-state index in [9.17, 15) is 0 Å². The molecule has 0 amide bonds. The van der Waals surface area contributed by atoms with Gasteiger partial charge < -0.3 is 15.2 Å². The van der Waals surface area contributed by atoms with Gasteiger partial charge in [-0.25, -0.2) is 0 Å². The highest BCUT2D eigenvalue weighted by atomic mass is 16.5. The van der Waals surface area contributed by atoms with Gasteiger partial charge in [0, 0.05) is 24.3 Å². The molecule has 1 aromatic heterocycles. The fourth-order valence-electron chi connectivity index (χ4n) is 1.59. The molecule has 0 saturated heterocycles. The first-order valence-electron chi connectivity index (χ1n) is 5.69. The number of hydrogen-bond acceptors (Lipinski definition) is 5. The predicted molar refractivity (Wildman–Crippen MR) is 67.7 cm³/mol. The van der Waals surface area contributed by atoms with E-state index in [1.807, 2.05) is 29.2 Å². The lowest BCUT2D eigenvalue weighted by Crippen LogP contribution is -2.22. The van der Waals surface area contributed by atoms with E-state index >= 15 is 0 Å². The van der Waals surface area contributed by atoms with E-state index in [0.717, 1.165) is 24.3 Å². The van der Waals surface area contributed by atoms with Gasteiger partial charge in [-0.2, -0.15) is 4.98 Å². The van der Waals surface area contributed by atoms with Crippen molar-refractivity contribution in [3.05, 3.63) is 24.3 Å². The maximum Gasteiger partial charge on any atom is 0.266 e. The Morgan fingerprint density at radius 1 is 1.18 bits per heavy atom. The van der Waals surface area contributed by atoms with Crippen LogP contribution in [-0.2, 0) is 0 Å². The van der Waals surface area contributed by atoms with Crippen molar-refractivity contribution in [1.29, 1.82) is 0 Å². The third-order valence-corrected chi connectivity index (χ3v) is 2.62. The van der Waals surface area contributed by atoms with Crippen LogP contribution >= 0.6 is 0 Å². The Labute approximate surface area is 100 Å². The van der Waals surface area contributed by atoms with E-state index in [2.05, 4.69) is 24.0 Å². The van der Waals surface area contributed by atoms with Crippen LogP contribution in [-0.4, -0.2) is 23.2 Å². The van der Waals surface area contributed by atoms with Gasteiger partial charge in [-0.3, -0.25) is 0 Å². The van der Waals surface area contributed by atoms with Crippen molar-refractivity contribution in [2.24, 2.45) is 0 Å². The lowest BCUT2D eigenvalue weighted by Gasteiger charge is -2.14. The molecule has 5 nitrogen and oxygen atoms in total. The molecule has 5 heteroatoms. The maximum atomic E-state index is 5.63. The smallest absolute Gasteiger partial charge is 0.266 e. The summed E-state index contributed by atoms with van der Waals surface area (Å²) in [4.78, 5) is 6.39. The number of nitrogens with zero attached hydrogens (tertiary/aromatic N) is 3. The van der Waals surface area contributed by atoms with E-state index in [1.165, 1.54) is 0 Å². The molecular formula is C12H16N4O. The standard InChI is InChI=1S/C12H16N4O/c1-3-16(4-2)12-14-11(17-15-12)9-5-7-10(13)8-6-9/h5-8H,3-4,13H2,1-2H3. The van der Waals surface area contributed by atoms with Crippen LogP contribution in [0.25, 0.3) is 11.5 Å². The number of nitrogens with two attached hydrogens (primary N) is 1. The molecule has 0 saturated carbocycles.